The second kappa shape index (κ2) is 11.8. The van der Waals surface area contributed by atoms with Crippen molar-refractivity contribution in [3.63, 3.8) is 0 Å². The molecule has 43 heavy (non-hydrogen) atoms. The van der Waals surface area contributed by atoms with Crippen LogP contribution in [0.5, 0.6) is 17.2 Å². The van der Waals surface area contributed by atoms with E-state index < -0.39 is 0 Å². The molecule has 0 spiro atoms. The molecule has 2 aliphatic rings. The van der Waals surface area contributed by atoms with Crippen molar-refractivity contribution in [3.05, 3.63) is 127 Å². The summed E-state index contributed by atoms with van der Waals surface area (Å²) in [4.78, 5) is 10.1. The molecular formula is C36H31N3O3S. The molecule has 2 aliphatic heterocycles. The Bertz CT molecular complexity index is 1740. The normalized spacial score (nSPS) is 16.9. The number of rotatable bonds is 6. The summed E-state index contributed by atoms with van der Waals surface area (Å²) in [7, 11) is 3.37. The minimum Gasteiger partial charge on any atom is -0.497 e. The van der Waals surface area contributed by atoms with Crippen LogP contribution in [-0.2, 0) is 0 Å². The van der Waals surface area contributed by atoms with E-state index in [0.29, 0.717) is 6.54 Å². The first-order chi connectivity index (χ1) is 21.2. The fourth-order valence-electron chi connectivity index (χ4n) is 5.68. The van der Waals surface area contributed by atoms with Gasteiger partial charge >= 0.3 is 0 Å². The minimum absolute atomic E-state index is 0.213. The molecule has 7 rings (SSSR count). The first kappa shape index (κ1) is 27.0. The van der Waals surface area contributed by atoms with Crippen molar-refractivity contribution in [2.45, 2.75) is 15.9 Å². The topological polar surface area (TPSA) is 55.3 Å². The van der Waals surface area contributed by atoms with Crippen LogP contribution in [0.2, 0.25) is 0 Å². The Hall–Kier alpha value is -4.88. The van der Waals surface area contributed by atoms with Crippen molar-refractivity contribution in [2.24, 2.45) is 10.9 Å². The van der Waals surface area contributed by atoms with Crippen LogP contribution < -0.4 is 24.4 Å². The number of ether oxygens (including phenoxy) is 3. The van der Waals surface area contributed by atoms with Crippen LogP contribution in [0.25, 0.3) is 0 Å². The molecule has 7 heteroatoms. The third-order valence-corrected chi connectivity index (χ3v) is 8.91. The predicted octanol–water partition coefficient (Wildman–Crippen LogP) is 8.90. The first-order valence-electron chi connectivity index (χ1n) is 14.2. The summed E-state index contributed by atoms with van der Waals surface area (Å²) in [5.41, 5.74) is 4.93. The molecule has 0 aliphatic carbocycles. The zero-order valence-electron chi connectivity index (χ0n) is 23.9. The van der Waals surface area contributed by atoms with Crippen LogP contribution in [0.1, 0.15) is 11.7 Å². The highest BCUT2D eigenvalue weighted by Crippen LogP contribution is 2.51. The lowest BCUT2D eigenvalue weighted by molar-refractivity contribution is 0.175. The standard InChI is InChI=1S/C36H31N3O3S/c1-40-25-21-19-24(20-22-25)35-26(23-37-27-11-3-7-15-31(27)41-2)36(38-28-12-4-8-16-32(28)42-35)39-29-13-5-9-17-33(29)43-34-18-10-6-14-30(34)39/h3-22,26,35,37H,23H2,1-2H3. The summed E-state index contributed by atoms with van der Waals surface area (Å²) in [5.74, 6) is 3.01. The molecule has 1 N–H and O–H groups in total. The van der Waals surface area contributed by atoms with Gasteiger partial charge in [-0.25, -0.2) is 4.99 Å². The van der Waals surface area contributed by atoms with Crippen LogP contribution in [0.3, 0.4) is 0 Å². The maximum Gasteiger partial charge on any atom is 0.145 e. The van der Waals surface area contributed by atoms with Gasteiger partial charge in [-0.2, -0.15) is 0 Å². The monoisotopic (exact) mass is 585 g/mol. The molecule has 6 nitrogen and oxygen atoms in total. The van der Waals surface area contributed by atoms with Crippen LogP contribution >= 0.6 is 11.8 Å². The Labute approximate surface area is 256 Å². The molecule has 0 bridgehead atoms. The maximum atomic E-state index is 6.91. The van der Waals surface area contributed by atoms with Crippen molar-refractivity contribution >= 4 is 40.3 Å². The molecule has 0 radical (unpaired) electrons. The van der Waals surface area contributed by atoms with Crippen molar-refractivity contribution in [2.75, 3.05) is 31.0 Å². The lowest BCUT2D eigenvalue weighted by Gasteiger charge is -2.38. The smallest absolute Gasteiger partial charge is 0.145 e. The number of benzene rings is 5. The van der Waals surface area contributed by atoms with E-state index in [1.807, 2.05) is 60.7 Å². The van der Waals surface area contributed by atoms with Crippen molar-refractivity contribution in [3.8, 4) is 17.2 Å². The van der Waals surface area contributed by atoms with E-state index in [1.165, 1.54) is 9.79 Å². The Balaban J connectivity index is 1.43. The third-order valence-electron chi connectivity index (χ3n) is 7.78. The minimum atomic E-state index is -0.357. The van der Waals surface area contributed by atoms with Gasteiger partial charge in [0.15, 0.2) is 0 Å². The zero-order chi connectivity index (χ0) is 29.2. The Morgan fingerprint density at radius 1 is 0.744 bits per heavy atom. The van der Waals surface area contributed by atoms with Gasteiger partial charge in [-0.1, -0.05) is 72.4 Å². The van der Waals surface area contributed by atoms with E-state index in [9.17, 15) is 0 Å². The highest BCUT2D eigenvalue weighted by molar-refractivity contribution is 7.99. The number of methoxy groups -OCH3 is 2. The van der Waals surface area contributed by atoms with Crippen LogP contribution in [0, 0.1) is 5.92 Å². The van der Waals surface area contributed by atoms with Gasteiger partial charge in [0.25, 0.3) is 0 Å². The molecule has 2 atom stereocenters. The number of fused-ring (bicyclic) bond motifs is 3. The van der Waals surface area contributed by atoms with Crippen molar-refractivity contribution < 1.29 is 14.2 Å². The number of hydrogen-bond acceptors (Lipinski definition) is 7. The third kappa shape index (κ3) is 5.17. The summed E-state index contributed by atoms with van der Waals surface area (Å²) >= 11 is 1.78. The number of para-hydroxylation sites is 6. The van der Waals surface area contributed by atoms with Crippen molar-refractivity contribution in [1.29, 1.82) is 0 Å². The maximum absolute atomic E-state index is 6.91. The Morgan fingerprint density at radius 2 is 1.40 bits per heavy atom. The molecule has 5 aromatic rings. The van der Waals surface area contributed by atoms with Gasteiger partial charge < -0.3 is 19.5 Å². The number of hydrogen-bond donors (Lipinski definition) is 1. The van der Waals surface area contributed by atoms with Gasteiger partial charge in [0, 0.05) is 16.3 Å². The van der Waals surface area contributed by atoms with Gasteiger partial charge in [-0.3, -0.25) is 4.90 Å². The van der Waals surface area contributed by atoms with E-state index >= 15 is 0 Å². The number of nitrogens with zero attached hydrogens (tertiary/aromatic N) is 2. The SMILES string of the molecule is COc1ccc(C2Oc3ccccc3N=C(N3c4ccccc4Sc4ccccc43)C2CNc2ccccc2OC)cc1. The fraction of sp³-hybridized carbons (Fsp3) is 0.139. The molecule has 0 saturated heterocycles. The van der Waals surface area contributed by atoms with Crippen LogP contribution in [-0.4, -0.2) is 26.6 Å². The highest BCUT2D eigenvalue weighted by Gasteiger charge is 2.39. The summed E-state index contributed by atoms with van der Waals surface area (Å²) in [5, 5.41) is 3.69. The Kier molecular flexibility index (Phi) is 7.39. The fourth-order valence-corrected chi connectivity index (χ4v) is 6.74. The number of amidine groups is 1. The molecule has 0 aromatic heterocycles. The van der Waals surface area contributed by atoms with Gasteiger partial charge in [0.05, 0.1) is 37.2 Å². The number of nitrogens with one attached hydrogen (secondary N) is 1. The van der Waals surface area contributed by atoms with Gasteiger partial charge in [-0.05, 0) is 66.2 Å². The number of anilines is 3. The summed E-state index contributed by atoms with van der Waals surface area (Å²) < 4.78 is 18.1. The van der Waals surface area contributed by atoms with Crippen LogP contribution in [0.4, 0.5) is 22.7 Å². The molecule has 214 valence electrons. The lowest BCUT2D eigenvalue weighted by Crippen LogP contribution is -2.41. The van der Waals surface area contributed by atoms with Gasteiger partial charge in [0.2, 0.25) is 0 Å². The average molecular weight is 586 g/mol. The van der Waals surface area contributed by atoms with E-state index in [1.54, 1.807) is 26.0 Å². The predicted molar refractivity (Wildman–Crippen MR) is 174 cm³/mol. The van der Waals surface area contributed by atoms with E-state index in [-0.39, 0.29) is 12.0 Å². The first-order valence-corrected chi connectivity index (χ1v) is 15.1. The van der Waals surface area contributed by atoms with E-state index in [0.717, 1.165) is 51.4 Å². The molecular weight excluding hydrogens is 554 g/mol. The van der Waals surface area contributed by atoms with Crippen LogP contribution in [0.15, 0.2) is 136 Å². The summed E-state index contributed by atoms with van der Waals surface area (Å²) in [6.07, 6.45) is -0.357. The Morgan fingerprint density at radius 3 is 2.12 bits per heavy atom. The van der Waals surface area contributed by atoms with E-state index in [4.69, 9.17) is 19.2 Å². The van der Waals surface area contributed by atoms with Crippen molar-refractivity contribution in [1.82, 2.24) is 0 Å². The molecule has 0 fully saturated rings. The largest absolute Gasteiger partial charge is 0.497 e. The highest BCUT2D eigenvalue weighted by atomic mass is 32.2. The quantitative estimate of drug-likeness (QED) is 0.215. The second-order valence-electron chi connectivity index (χ2n) is 10.3. The molecule has 2 heterocycles. The summed E-state index contributed by atoms with van der Waals surface area (Å²) in [6, 6.07) is 41.2. The average Bonchev–Trinajstić information content (AvgIpc) is 3.23. The molecule has 0 amide bonds. The van der Waals surface area contributed by atoms with Gasteiger partial charge in [-0.15, -0.1) is 0 Å². The summed E-state index contributed by atoms with van der Waals surface area (Å²) in [6.45, 7) is 0.540. The lowest BCUT2D eigenvalue weighted by atomic mass is 9.92. The number of aliphatic imine (C=N–C) groups is 1. The van der Waals surface area contributed by atoms with E-state index in [2.05, 4.69) is 70.9 Å². The zero-order valence-corrected chi connectivity index (χ0v) is 24.8. The molecule has 2 unspecified atom stereocenters. The molecule has 0 saturated carbocycles. The molecule has 5 aromatic carbocycles. The second-order valence-corrected chi connectivity index (χ2v) is 11.4. The van der Waals surface area contributed by atoms with Gasteiger partial charge in [0.1, 0.15) is 34.9 Å².